The van der Waals surface area contributed by atoms with Crippen molar-refractivity contribution in [3.8, 4) is 11.4 Å². The first-order valence-corrected chi connectivity index (χ1v) is 9.13. The van der Waals surface area contributed by atoms with E-state index in [9.17, 15) is 13.9 Å². The van der Waals surface area contributed by atoms with Gasteiger partial charge in [0.15, 0.2) is 5.65 Å². The van der Waals surface area contributed by atoms with Crippen molar-refractivity contribution in [1.29, 1.82) is 0 Å². The maximum Gasteiger partial charge on any atom is 0.282 e. The topological polar surface area (TPSA) is 97.9 Å². The fourth-order valence-corrected chi connectivity index (χ4v) is 3.68. The molecule has 0 saturated carbocycles. The van der Waals surface area contributed by atoms with Crippen molar-refractivity contribution in [2.24, 2.45) is 0 Å². The molecule has 5 rings (SSSR count). The molecule has 9 nitrogen and oxygen atoms in total. The number of ether oxygens (including phenoxy) is 2. The third-order valence-electron chi connectivity index (χ3n) is 5.10. The third-order valence-corrected chi connectivity index (χ3v) is 5.10. The molecule has 152 valence electrons. The van der Waals surface area contributed by atoms with Gasteiger partial charge in [-0.25, -0.2) is 28.2 Å². The summed E-state index contributed by atoms with van der Waals surface area (Å²) in [6.07, 6.45) is -0.0766. The van der Waals surface area contributed by atoms with Gasteiger partial charge in [0, 0.05) is 12.6 Å². The fourth-order valence-electron chi connectivity index (χ4n) is 3.68. The first kappa shape index (κ1) is 18.3. The van der Waals surface area contributed by atoms with Gasteiger partial charge in [0.25, 0.3) is 6.43 Å². The van der Waals surface area contributed by atoms with Gasteiger partial charge in [-0.05, 0) is 12.1 Å². The van der Waals surface area contributed by atoms with Crippen LogP contribution in [0.5, 0.6) is 0 Å². The van der Waals surface area contributed by atoms with Crippen molar-refractivity contribution >= 4 is 11.5 Å². The summed E-state index contributed by atoms with van der Waals surface area (Å²) >= 11 is 0. The van der Waals surface area contributed by atoms with Gasteiger partial charge in [-0.2, -0.15) is 5.10 Å². The Hall–Kier alpha value is -2.76. The molecule has 0 aliphatic carbocycles. The summed E-state index contributed by atoms with van der Waals surface area (Å²) in [4.78, 5) is 14.9. The van der Waals surface area contributed by atoms with Crippen molar-refractivity contribution < 1.29 is 23.4 Å². The lowest BCUT2D eigenvalue weighted by molar-refractivity contribution is -0.239. The second-order valence-electron chi connectivity index (χ2n) is 7.21. The van der Waals surface area contributed by atoms with E-state index < -0.39 is 12.0 Å². The Labute approximate surface area is 163 Å². The second-order valence-corrected chi connectivity index (χ2v) is 7.21. The van der Waals surface area contributed by atoms with Crippen molar-refractivity contribution in [2.45, 2.75) is 18.1 Å². The lowest BCUT2D eigenvalue weighted by Crippen LogP contribution is -2.66. The second kappa shape index (κ2) is 6.94. The van der Waals surface area contributed by atoms with Gasteiger partial charge in [-0.1, -0.05) is 0 Å². The molecule has 5 heterocycles. The van der Waals surface area contributed by atoms with Crippen LogP contribution in [0.1, 0.15) is 12.1 Å². The summed E-state index contributed by atoms with van der Waals surface area (Å²) in [5.41, 5.74) is 0.652. The largest absolute Gasteiger partial charge is 0.394 e. The van der Waals surface area contributed by atoms with Crippen molar-refractivity contribution in [1.82, 2.24) is 24.6 Å². The van der Waals surface area contributed by atoms with Crippen LogP contribution in [-0.4, -0.2) is 74.3 Å². The molecular weight excluding hydrogens is 386 g/mol. The predicted octanol–water partition coefficient (Wildman–Crippen LogP) is 1.09. The standard InChI is InChI=1S/C18H18F2N6O3/c19-17(20)12-1-2-15-21-4-14(26(15)24-12)13-3-16(23-10-22-13)25-5-11(6-27)29-18(7-25)8-28-9-18/h1-4,10-11,17,27H,5-9H2. The number of nitrogens with zero attached hydrogens (tertiary/aromatic N) is 6. The molecule has 2 fully saturated rings. The van der Waals surface area contributed by atoms with Crippen molar-refractivity contribution in [3.63, 3.8) is 0 Å². The molecule has 0 aromatic carbocycles. The normalized spacial score (nSPS) is 21.1. The van der Waals surface area contributed by atoms with Gasteiger partial charge in [0.1, 0.15) is 29.1 Å². The lowest BCUT2D eigenvalue weighted by Gasteiger charge is -2.50. The average Bonchev–Trinajstić information content (AvgIpc) is 3.15. The number of hydrogen-bond acceptors (Lipinski definition) is 8. The van der Waals surface area contributed by atoms with E-state index in [-0.39, 0.29) is 18.4 Å². The van der Waals surface area contributed by atoms with Crippen LogP contribution in [0.15, 0.2) is 30.7 Å². The number of rotatable bonds is 4. The molecular formula is C18H18F2N6O3. The molecule has 0 amide bonds. The maximum atomic E-state index is 13.1. The Morgan fingerprint density at radius 1 is 1.24 bits per heavy atom. The molecule has 3 aromatic rings. The van der Waals surface area contributed by atoms with Gasteiger partial charge in [-0.15, -0.1) is 0 Å². The first-order chi connectivity index (χ1) is 14.1. The van der Waals surface area contributed by atoms with Crippen LogP contribution in [0.2, 0.25) is 0 Å². The van der Waals surface area contributed by atoms with Gasteiger partial charge in [-0.3, -0.25) is 0 Å². The summed E-state index contributed by atoms with van der Waals surface area (Å²) in [5, 5.41) is 13.6. The summed E-state index contributed by atoms with van der Waals surface area (Å²) in [6.45, 7) is 1.86. The summed E-state index contributed by atoms with van der Waals surface area (Å²) in [5.74, 6) is 0.642. The van der Waals surface area contributed by atoms with Gasteiger partial charge in [0.05, 0.1) is 44.4 Å². The number of anilines is 1. The number of hydrogen-bond donors (Lipinski definition) is 1. The van der Waals surface area contributed by atoms with Gasteiger partial charge < -0.3 is 19.5 Å². The summed E-state index contributed by atoms with van der Waals surface area (Å²) < 4.78 is 38.7. The number of aliphatic hydroxyl groups excluding tert-OH is 1. The Kier molecular flexibility index (Phi) is 4.37. The highest BCUT2D eigenvalue weighted by molar-refractivity contribution is 5.62. The zero-order valence-corrected chi connectivity index (χ0v) is 15.3. The van der Waals surface area contributed by atoms with Gasteiger partial charge >= 0.3 is 0 Å². The number of aromatic nitrogens is 5. The van der Waals surface area contributed by atoms with Gasteiger partial charge in [0.2, 0.25) is 0 Å². The van der Waals surface area contributed by atoms with E-state index in [1.807, 2.05) is 4.90 Å². The molecule has 2 saturated heterocycles. The minimum Gasteiger partial charge on any atom is -0.394 e. The number of alkyl halides is 2. The zero-order valence-electron chi connectivity index (χ0n) is 15.3. The fraction of sp³-hybridized carbons (Fsp3) is 0.444. The van der Waals surface area contributed by atoms with E-state index in [1.165, 1.54) is 23.0 Å². The lowest BCUT2D eigenvalue weighted by atomic mass is 9.98. The van der Waals surface area contributed by atoms with Crippen LogP contribution < -0.4 is 4.90 Å². The maximum absolute atomic E-state index is 13.1. The number of aliphatic hydroxyl groups is 1. The molecule has 1 spiro atoms. The van der Waals surface area contributed by atoms with Crippen molar-refractivity contribution in [3.05, 3.63) is 36.4 Å². The quantitative estimate of drug-likeness (QED) is 0.690. The Morgan fingerprint density at radius 2 is 2.10 bits per heavy atom. The number of fused-ring (bicyclic) bond motifs is 1. The van der Waals surface area contributed by atoms with E-state index in [0.29, 0.717) is 49.2 Å². The van der Waals surface area contributed by atoms with E-state index in [1.54, 1.807) is 12.3 Å². The average molecular weight is 404 g/mol. The number of morpholine rings is 1. The van der Waals surface area contributed by atoms with Crippen LogP contribution >= 0.6 is 0 Å². The highest BCUT2D eigenvalue weighted by Crippen LogP contribution is 2.32. The molecule has 0 bridgehead atoms. The molecule has 2 aliphatic rings. The molecule has 1 unspecified atom stereocenters. The highest BCUT2D eigenvalue weighted by atomic mass is 19.3. The smallest absolute Gasteiger partial charge is 0.282 e. The zero-order chi connectivity index (χ0) is 20.0. The Morgan fingerprint density at radius 3 is 2.83 bits per heavy atom. The number of imidazole rings is 1. The van der Waals surface area contributed by atoms with Crippen LogP contribution in [0.4, 0.5) is 14.6 Å². The van der Waals surface area contributed by atoms with Crippen molar-refractivity contribution in [2.75, 3.05) is 37.8 Å². The minimum atomic E-state index is -2.68. The Balaban J connectivity index is 1.50. The number of halogens is 2. The van der Waals surface area contributed by atoms with E-state index in [4.69, 9.17) is 9.47 Å². The van der Waals surface area contributed by atoms with Crippen LogP contribution in [0.3, 0.4) is 0 Å². The molecule has 11 heteroatoms. The van der Waals surface area contributed by atoms with Crippen LogP contribution in [0.25, 0.3) is 17.0 Å². The van der Waals surface area contributed by atoms with E-state index in [2.05, 4.69) is 20.1 Å². The summed E-state index contributed by atoms with van der Waals surface area (Å²) in [7, 11) is 0. The van der Waals surface area contributed by atoms with Crippen LogP contribution in [0, 0.1) is 0 Å². The SMILES string of the molecule is OCC1CN(c2cc(-c3cnc4ccc(C(F)F)nn34)ncn2)CC2(COC2)O1. The molecule has 1 atom stereocenters. The first-order valence-electron chi connectivity index (χ1n) is 9.13. The third kappa shape index (κ3) is 3.20. The Bertz CT molecular complexity index is 1040. The monoisotopic (exact) mass is 404 g/mol. The minimum absolute atomic E-state index is 0.107. The summed E-state index contributed by atoms with van der Waals surface area (Å²) in [6, 6.07) is 4.51. The van der Waals surface area contributed by atoms with E-state index >= 15 is 0 Å². The van der Waals surface area contributed by atoms with Crippen LogP contribution in [-0.2, 0) is 9.47 Å². The molecule has 1 N–H and O–H groups in total. The van der Waals surface area contributed by atoms with E-state index in [0.717, 1.165) is 0 Å². The highest BCUT2D eigenvalue weighted by Gasteiger charge is 2.47. The molecule has 3 aromatic heterocycles. The molecule has 29 heavy (non-hydrogen) atoms. The molecule has 0 radical (unpaired) electrons. The molecule has 2 aliphatic heterocycles. The predicted molar refractivity (Wildman–Crippen MR) is 96.7 cm³/mol.